The van der Waals surface area contributed by atoms with Gasteiger partial charge in [0.2, 0.25) is 0 Å². The Kier molecular flexibility index (Phi) is 6.06. The Morgan fingerprint density at radius 1 is 0.886 bits per heavy atom. The molecule has 4 heterocycles. The molecular formula is C27H31N7O. The van der Waals surface area contributed by atoms with E-state index in [9.17, 15) is 0 Å². The molecule has 6 rings (SSSR count). The number of anilines is 1. The standard InChI is InChI=1S/C27H31N7O/c28-26-24-25(19-8-10-23(11-9-19)35-22-6-2-1-3-7-22)32-34(27(24)31-18-30-26)21-5-4-16-33(17-21)20-12-14-29-15-13-20/h1-3,6-11,18,20-21,29H,4-5,12-17H2,(H2,28,30,31)/t21-/m1/s1. The molecule has 0 amide bonds. The Morgan fingerprint density at radius 3 is 2.46 bits per heavy atom. The van der Waals surface area contributed by atoms with Crippen LogP contribution in [0.4, 0.5) is 5.82 Å². The van der Waals surface area contributed by atoms with Gasteiger partial charge in [-0.15, -0.1) is 0 Å². The van der Waals surface area contributed by atoms with Crippen LogP contribution in [0, 0.1) is 0 Å². The Hall–Kier alpha value is -3.49. The number of benzene rings is 2. The molecule has 2 fully saturated rings. The monoisotopic (exact) mass is 469 g/mol. The number of hydrogen-bond donors (Lipinski definition) is 2. The summed E-state index contributed by atoms with van der Waals surface area (Å²) in [4.78, 5) is 11.6. The maximum atomic E-state index is 6.37. The Balaban J connectivity index is 1.31. The van der Waals surface area contributed by atoms with E-state index in [2.05, 4.69) is 24.9 Å². The zero-order valence-electron chi connectivity index (χ0n) is 19.8. The highest BCUT2D eigenvalue weighted by atomic mass is 16.5. The minimum Gasteiger partial charge on any atom is -0.457 e. The van der Waals surface area contributed by atoms with Gasteiger partial charge >= 0.3 is 0 Å². The average Bonchev–Trinajstić information content (AvgIpc) is 3.31. The fourth-order valence-electron chi connectivity index (χ4n) is 5.44. The van der Waals surface area contributed by atoms with Crippen molar-refractivity contribution in [3.8, 4) is 22.8 Å². The first-order chi connectivity index (χ1) is 17.3. The number of para-hydroxylation sites is 1. The molecule has 0 radical (unpaired) electrons. The molecule has 0 saturated carbocycles. The topological polar surface area (TPSA) is 94.1 Å². The third-order valence-corrected chi connectivity index (χ3v) is 7.22. The SMILES string of the molecule is Nc1ncnc2c1c(-c1ccc(Oc3ccccc3)cc1)nn2[C@@H]1CCCN(C2CCNCC2)C1. The third-order valence-electron chi connectivity index (χ3n) is 7.22. The number of hydrogen-bond acceptors (Lipinski definition) is 7. The first-order valence-corrected chi connectivity index (χ1v) is 12.5. The zero-order chi connectivity index (χ0) is 23.6. The van der Waals surface area contributed by atoms with Crippen molar-refractivity contribution >= 4 is 16.9 Å². The molecule has 0 spiro atoms. The Labute approximate surface area is 205 Å². The van der Waals surface area contributed by atoms with Crippen molar-refractivity contribution in [1.29, 1.82) is 0 Å². The van der Waals surface area contributed by atoms with Gasteiger partial charge in [0.05, 0.1) is 11.4 Å². The molecule has 2 aromatic heterocycles. The highest BCUT2D eigenvalue weighted by molar-refractivity contribution is 5.98. The summed E-state index contributed by atoms with van der Waals surface area (Å²) in [6.07, 6.45) is 6.22. The van der Waals surface area contributed by atoms with Crippen molar-refractivity contribution in [2.24, 2.45) is 0 Å². The molecule has 8 nitrogen and oxygen atoms in total. The van der Waals surface area contributed by atoms with Crippen molar-refractivity contribution < 1.29 is 4.74 Å². The van der Waals surface area contributed by atoms with Gasteiger partial charge in [-0.1, -0.05) is 18.2 Å². The van der Waals surface area contributed by atoms with Crippen LogP contribution in [-0.4, -0.2) is 56.9 Å². The first kappa shape index (κ1) is 22.0. The summed E-state index contributed by atoms with van der Waals surface area (Å²) in [5.74, 6) is 2.05. The maximum Gasteiger partial charge on any atom is 0.164 e. The molecule has 0 unspecified atom stereocenters. The molecule has 2 aromatic carbocycles. The van der Waals surface area contributed by atoms with Gasteiger partial charge in [0.25, 0.3) is 0 Å². The number of fused-ring (bicyclic) bond motifs is 1. The molecule has 0 bridgehead atoms. The van der Waals surface area contributed by atoms with Crippen molar-refractivity contribution in [3.63, 3.8) is 0 Å². The summed E-state index contributed by atoms with van der Waals surface area (Å²) in [7, 11) is 0. The van der Waals surface area contributed by atoms with Crippen LogP contribution in [0.25, 0.3) is 22.3 Å². The van der Waals surface area contributed by atoms with Crippen LogP contribution in [0.3, 0.4) is 0 Å². The highest BCUT2D eigenvalue weighted by Crippen LogP contribution is 2.35. The second-order valence-electron chi connectivity index (χ2n) is 9.46. The molecular weight excluding hydrogens is 438 g/mol. The van der Waals surface area contributed by atoms with E-state index in [1.54, 1.807) is 6.33 Å². The van der Waals surface area contributed by atoms with Crippen LogP contribution in [0.5, 0.6) is 11.5 Å². The fraction of sp³-hybridized carbons (Fsp3) is 0.370. The van der Waals surface area contributed by atoms with E-state index in [0.717, 1.165) is 72.8 Å². The smallest absolute Gasteiger partial charge is 0.164 e. The lowest BCUT2D eigenvalue weighted by Crippen LogP contribution is -2.47. The number of nitrogens with zero attached hydrogens (tertiary/aromatic N) is 5. The lowest BCUT2D eigenvalue weighted by molar-refractivity contribution is 0.103. The number of likely N-dealkylation sites (tertiary alicyclic amines) is 1. The normalized spacial score (nSPS) is 19.7. The second kappa shape index (κ2) is 9.64. The molecule has 8 heteroatoms. The Bertz CT molecular complexity index is 1280. The van der Waals surface area contributed by atoms with E-state index in [4.69, 9.17) is 15.6 Å². The average molecular weight is 470 g/mol. The van der Waals surface area contributed by atoms with Crippen LogP contribution in [0.1, 0.15) is 31.7 Å². The van der Waals surface area contributed by atoms with Crippen molar-refractivity contribution in [2.75, 3.05) is 31.9 Å². The van der Waals surface area contributed by atoms with E-state index in [1.165, 1.54) is 12.8 Å². The highest BCUT2D eigenvalue weighted by Gasteiger charge is 2.30. The summed E-state index contributed by atoms with van der Waals surface area (Å²) in [6, 6.07) is 18.7. The number of piperidine rings is 2. The van der Waals surface area contributed by atoms with Crippen molar-refractivity contribution in [2.45, 2.75) is 37.8 Å². The number of nitrogens with one attached hydrogen (secondary N) is 1. The van der Waals surface area contributed by atoms with E-state index in [-0.39, 0.29) is 6.04 Å². The molecule has 4 aromatic rings. The van der Waals surface area contributed by atoms with Crippen LogP contribution >= 0.6 is 0 Å². The fourth-order valence-corrected chi connectivity index (χ4v) is 5.44. The number of aromatic nitrogens is 4. The van der Waals surface area contributed by atoms with E-state index < -0.39 is 0 Å². The molecule has 0 aliphatic carbocycles. The van der Waals surface area contributed by atoms with Crippen LogP contribution in [-0.2, 0) is 0 Å². The van der Waals surface area contributed by atoms with Gasteiger partial charge in [0, 0.05) is 18.2 Å². The predicted octanol–water partition coefficient (Wildman–Crippen LogP) is 4.26. The molecule has 2 aliphatic heterocycles. The second-order valence-corrected chi connectivity index (χ2v) is 9.46. The Morgan fingerprint density at radius 2 is 1.66 bits per heavy atom. The van der Waals surface area contributed by atoms with Gasteiger partial charge < -0.3 is 15.8 Å². The van der Waals surface area contributed by atoms with E-state index in [1.807, 2.05) is 54.6 Å². The number of ether oxygens (including phenoxy) is 1. The van der Waals surface area contributed by atoms with Gasteiger partial charge in [-0.25, -0.2) is 14.6 Å². The molecule has 1 atom stereocenters. The number of nitrogen functional groups attached to an aromatic ring is 1. The van der Waals surface area contributed by atoms with Gasteiger partial charge in [0.1, 0.15) is 29.3 Å². The lowest BCUT2D eigenvalue weighted by atomic mass is 9.99. The summed E-state index contributed by atoms with van der Waals surface area (Å²) in [5, 5.41) is 9.40. The van der Waals surface area contributed by atoms with Gasteiger partial charge in [-0.05, 0) is 81.7 Å². The number of nitrogens with two attached hydrogens (primary N) is 1. The van der Waals surface area contributed by atoms with Gasteiger partial charge in [-0.2, -0.15) is 5.10 Å². The third kappa shape index (κ3) is 4.47. The summed E-state index contributed by atoms with van der Waals surface area (Å²) >= 11 is 0. The van der Waals surface area contributed by atoms with Crippen LogP contribution < -0.4 is 15.8 Å². The molecule has 2 aliphatic rings. The minimum absolute atomic E-state index is 0.268. The van der Waals surface area contributed by atoms with Gasteiger partial charge in [-0.3, -0.25) is 4.90 Å². The maximum absolute atomic E-state index is 6.37. The largest absolute Gasteiger partial charge is 0.457 e. The minimum atomic E-state index is 0.268. The van der Waals surface area contributed by atoms with Crippen LogP contribution in [0.15, 0.2) is 60.9 Å². The quantitative estimate of drug-likeness (QED) is 0.451. The van der Waals surface area contributed by atoms with Crippen LogP contribution in [0.2, 0.25) is 0 Å². The predicted molar refractivity (Wildman–Crippen MR) is 137 cm³/mol. The van der Waals surface area contributed by atoms with E-state index in [0.29, 0.717) is 11.9 Å². The summed E-state index contributed by atoms with van der Waals surface area (Å²) < 4.78 is 8.07. The summed E-state index contributed by atoms with van der Waals surface area (Å²) in [6.45, 7) is 4.37. The molecule has 3 N–H and O–H groups in total. The van der Waals surface area contributed by atoms with E-state index >= 15 is 0 Å². The van der Waals surface area contributed by atoms with Crippen molar-refractivity contribution in [1.82, 2.24) is 30.0 Å². The zero-order valence-corrected chi connectivity index (χ0v) is 19.8. The molecule has 2 saturated heterocycles. The summed E-state index contributed by atoms with van der Waals surface area (Å²) in [5.41, 5.74) is 8.98. The van der Waals surface area contributed by atoms with Gasteiger partial charge in [0.15, 0.2) is 5.65 Å². The first-order valence-electron chi connectivity index (χ1n) is 12.5. The van der Waals surface area contributed by atoms with Crippen molar-refractivity contribution in [3.05, 3.63) is 60.9 Å². The number of rotatable bonds is 5. The molecule has 180 valence electrons. The molecule has 35 heavy (non-hydrogen) atoms. The lowest BCUT2D eigenvalue weighted by Gasteiger charge is -2.40.